The first kappa shape index (κ1) is 11.3. The van der Waals surface area contributed by atoms with E-state index in [1.165, 1.54) is 32.1 Å². The zero-order chi connectivity index (χ0) is 12.8. The van der Waals surface area contributed by atoms with Crippen molar-refractivity contribution < 1.29 is 4.79 Å². The predicted octanol–water partition coefficient (Wildman–Crippen LogP) is 2.28. The third-order valence-corrected chi connectivity index (χ3v) is 4.43. The third-order valence-electron chi connectivity index (χ3n) is 4.43. The molecule has 1 atom stereocenters. The van der Waals surface area contributed by atoms with Crippen LogP contribution in [0.5, 0.6) is 0 Å². The molecule has 0 spiro atoms. The lowest BCUT2D eigenvalue weighted by Gasteiger charge is -2.41. The molecule has 1 unspecified atom stereocenters. The molecule has 1 amide bonds. The lowest BCUT2D eigenvalue weighted by molar-refractivity contribution is 0.0411. The highest BCUT2D eigenvalue weighted by Crippen LogP contribution is 2.41. The highest BCUT2D eigenvalue weighted by molar-refractivity contribution is 5.94. The van der Waals surface area contributed by atoms with E-state index in [0.29, 0.717) is 12.1 Å². The minimum absolute atomic E-state index is 0.161. The van der Waals surface area contributed by atoms with Crippen LogP contribution in [0.2, 0.25) is 0 Å². The van der Waals surface area contributed by atoms with Crippen LogP contribution < -0.4 is 5.32 Å². The Kier molecular flexibility index (Phi) is 2.50. The summed E-state index contributed by atoms with van der Waals surface area (Å²) < 4.78 is 0. The highest BCUT2D eigenvalue weighted by Gasteiger charge is 2.42. The molecule has 0 radical (unpaired) electrons. The number of hydrogen-bond donors (Lipinski definition) is 1. The van der Waals surface area contributed by atoms with Crippen molar-refractivity contribution in [1.29, 1.82) is 0 Å². The van der Waals surface area contributed by atoms with Crippen LogP contribution in [0.4, 0.5) is 5.82 Å². The van der Waals surface area contributed by atoms with Crippen LogP contribution in [0.1, 0.15) is 42.5 Å². The molecule has 2 heterocycles. The van der Waals surface area contributed by atoms with Gasteiger partial charge in [-0.2, -0.15) is 0 Å². The number of nitrogens with zero attached hydrogens (tertiary/aromatic N) is 2. The van der Waals surface area contributed by atoms with Gasteiger partial charge < -0.3 is 10.2 Å². The van der Waals surface area contributed by atoms with Gasteiger partial charge in [-0.05, 0) is 50.2 Å². The fraction of sp³-hybridized carbons (Fsp3) is 0.600. The van der Waals surface area contributed by atoms with E-state index >= 15 is 0 Å². The predicted molar refractivity (Wildman–Crippen MR) is 73.0 cm³/mol. The van der Waals surface area contributed by atoms with Gasteiger partial charge in [-0.15, -0.1) is 0 Å². The summed E-state index contributed by atoms with van der Waals surface area (Å²) in [6.45, 7) is 0.919. The van der Waals surface area contributed by atoms with E-state index in [1.807, 2.05) is 17.0 Å². The van der Waals surface area contributed by atoms with E-state index in [2.05, 4.69) is 10.3 Å². The van der Waals surface area contributed by atoms with Crippen molar-refractivity contribution in [2.45, 2.75) is 44.2 Å². The summed E-state index contributed by atoms with van der Waals surface area (Å²) in [5.41, 5.74) is 0.728. The van der Waals surface area contributed by atoms with Gasteiger partial charge in [0, 0.05) is 24.8 Å². The maximum absolute atomic E-state index is 12.4. The summed E-state index contributed by atoms with van der Waals surface area (Å²) in [6, 6.07) is 4.94. The van der Waals surface area contributed by atoms with Crippen molar-refractivity contribution in [3.63, 3.8) is 0 Å². The Bertz CT molecular complexity index is 491. The van der Waals surface area contributed by atoms with Crippen LogP contribution in [0, 0.1) is 5.92 Å². The SMILES string of the molecule is O=C(c1ccc(NC2CC2)nc1)N1CCC1C1CC1. The first-order chi connectivity index (χ1) is 9.31. The van der Waals surface area contributed by atoms with Gasteiger partial charge in [0.15, 0.2) is 0 Å². The van der Waals surface area contributed by atoms with Crippen molar-refractivity contribution in [3.8, 4) is 0 Å². The normalized spacial score (nSPS) is 25.9. The van der Waals surface area contributed by atoms with Gasteiger partial charge in [0.1, 0.15) is 5.82 Å². The Hall–Kier alpha value is -1.58. The second kappa shape index (κ2) is 4.22. The average molecular weight is 257 g/mol. The number of carbonyl (C=O) groups is 1. The van der Waals surface area contributed by atoms with Crippen molar-refractivity contribution in [2.75, 3.05) is 11.9 Å². The van der Waals surface area contributed by atoms with Gasteiger partial charge in [-0.25, -0.2) is 4.98 Å². The maximum Gasteiger partial charge on any atom is 0.255 e. The molecule has 3 fully saturated rings. The molecule has 0 aromatic carbocycles. The van der Waals surface area contributed by atoms with Crippen LogP contribution in [0.25, 0.3) is 0 Å². The molecule has 1 aliphatic heterocycles. The smallest absolute Gasteiger partial charge is 0.255 e. The Morgan fingerprint density at radius 1 is 1.21 bits per heavy atom. The minimum Gasteiger partial charge on any atom is -0.367 e. The van der Waals surface area contributed by atoms with Crippen molar-refractivity contribution in [3.05, 3.63) is 23.9 Å². The third kappa shape index (κ3) is 2.20. The molecule has 19 heavy (non-hydrogen) atoms. The largest absolute Gasteiger partial charge is 0.367 e. The molecule has 1 N–H and O–H groups in total. The van der Waals surface area contributed by atoms with E-state index in [-0.39, 0.29) is 5.91 Å². The number of likely N-dealkylation sites (tertiary alicyclic amines) is 1. The van der Waals surface area contributed by atoms with Crippen molar-refractivity contribution >= 4 is 11.7 Å². The van der Waals surface area contributed by atoms with Crippen LogP contribution in [-0.4, -0.2) is 34.4 Å². The quantitative estimate of drug-likeness (QED) is 0.900. The number of rotatable bonds is 4. The first-order valence-corrected chi connectivity index (χ1v) is 7.35. The van der Waals surface area contributed by atoms with Crippen molar-refractivity contribution in [2.24, 2.45) is 5.92 Å². The van der Waals surface area contributed by atoms with E-state index in [9.17, 15) is 4.79 Å². The number of aromatic nitrogens is 1. The Balaban J connectivity index is 1.43. The minimum atomic E-state index is 0.161. The molecule has 100 valence electrons. The summed E-state index contributed by atoms with van der Waals surface area (Å²) in [4.78, 5) is 18.8. The molecule has 3 aliphatic rings. The standard InChI is InChI=1S/C15H19N3O/c19-15(18-8-7-13(18)10-1-2-10)11-3-6-14(16-9-11)17-12-4-5-12/h3,6,9-10,12-13H,1-2,4-5,7-8H2,(H,16,17). The molecule has 4 heteroatoms. The van der Waals surface area contributed by atoms with Crippen LogP contribution in [0.3, 0.4) is 0 Å². The van der Waals surface area contributed by atoms with Gasteiger partial charge >= 0.3 is 0 Å². The summed E-state index contributed by atoms with van der Waals surface area (Å²) in [5.74, 6) is 1.83. The number of hydrogen-bond acceptors (Lipinski definition) is 3. The number of nitrogens with one attached hydrogen (secondary N) is 1. The Morgan fingerprint density at radius 2 is 2.05 bits per heavy atom. The van der Waals surface area contributed by atoms with Crippen LogP contribution in [-0.2, 0) is 0 Å². The van der Waals surface area contributed by atoms with E-state index in [0.717, 1.165) is 23.8 Å². The molecular formula is C15H19N3O. The molecular weight excluding hydrogens is 238 g/mol. The van der Waals surface area contributed by atoms with Gasteiger partial charge in [0.2, 0.25) is 0 Å². The second-order valence-corrected chi connectivity index (χ2v) is 6.04. The number of pyridine rings is 1. The van der Waals surface area contributed by atoms with Gasteiger partial charge in [0.25, 0.3) is 5.91 Å². The van der Waals surface area contributed by atoms with Crippen molar-refractivity contribution in [1.82, 2.24) is 9.88 Å². The molecule has 1 aromatic rings. The zero-order valence-electron chi connectivity index (χ0n) is 11.0. The van der Waals surface area contributed by atoms with E-state index in [4.69, 9.17) is 0 Å². The summed E-state index contributed by atoms with van der Waals surface area (Å²) >= 11 is 0. The molecule has 1 aromatic heterocycles. The monoisotopic (exact) mass is 257 g/mol. The highest BCUT2D eigenvalue weighted by atomic mass is 16.2. The maximum atomic E-state index is 12.4. The second-order valence-electron chi connectivity index (χ2n) is 6.04. The fourth-order valence-electron chi connectivity index (χ4n) is 2.84. The van der Waals surface area contributed by atoms with Gasteiger partial charge in [-0.3, -0.25) is 4.79 Å². The summed E-state index contributed by atoms with van der Waals surface area (Å²) in [5, 5.41) is 3.34. The van der Waals surface area contributed by atoms with Gasteiger partial charge in [-0.1, -0.05) is 0 Å². The number of amides is 1. The fourth-order valence-corrected chi connectivity index (χ4v) is 2.84. The average Bonchev–Trinajstić information content (AvgIpc) is 3.23. The van der Waals surface area contributed by atoms with Gasteiger partial charge in [0.05, 0.1) is 5.56 Å². The lowest BCUT2D eigenvalue weighted by atomic mass is 9.97. The van der Waals surface area contributed by atoms with Crippen LogP contribution in [0.15, 0.2) is 18.3 Å². The summed E-state index contributed by atoms with van der Waals surface area (Å²) in [7, 11) is 0. The summed E-state index contributed by atoms with van der Waals surface area (Å²) in [6.07, 6.45) is 7.98. The topological polar surface area (TPSA) is 45.2 Å². The molecule has 1 saturated heterocycles. The molecule has 0 bridgehead atoms. The zero-order valence-corrected chi connectivity index (χ0v) is 11.0. The first-order valence-electron chi connectivity index (χ1n) is 7.35. The molecule has 4 rings (SSSR count). The molecule has 2 saturated carbocycles. The number of carbonyl (C=O) groups excluding carboxylic acids is 1. The Morgan fingerprint density at radius 3 is 2.58 bits per heavy atom. The molecule has 4 nitrogen and oxygen atoms in total. The lowest BCUT2D eigenvalue weighted by Crippen LogP contribution is -2.52. The molecule has 2 aliphatic carbocycles. The van der Waals surface area contributed by atoms with E-state index < -0.39 is 0 Å². The van der Waals surface area contributed by atoms with E-state index in [1.54, 1.807) is 6.20 Å². The van der Waals surface area contributed by atoms with Crippen LogP contribution >= 0.6 is 0 Å². The Labute approximate surface area is 113 Å². The number of anilines is 1.